The van der Waals surface area contributed by atoms with E-state index < -0.39 is 5.60 Å². The first kappa shape index (κ1) is 11.3. The zero-order valence-corrected chi connectivity index (χ0v) is 9.38. The number of hydrogen-bond acceptors (Lipinski definition) is 2. The number of nitrogens with zero attached hydrogens (tertiary/aromatic N) is 1. The predicted molar refractivity (Wildman–Crippen MR) is 55.9 cm³/mol. The molecule has 0 spiro atoms. The molecule has 1 amide bonds. The molecule has 1 unspecified atom stereocenters. The van der Waals surface area contributed by atoms with Gasteiger partial charge in [-0.15, -0.1) is 0 Å². The van der Waals surface area contributed by atoms with Gasteiger partial charge in [-0.1, -0.05) is 6.92 Å². The third kappa shape index (κ3) is 2.89. The van der Waals surface area contributed by atoms with E-state index in [1.165, 1.54) is 0 Å². The summed E-state index contributed by atoms with van der Waals surface area (Å²) in [5.41, 5.74) is -0.397. The van der Waals surface area contributed by atoms with Gasteiger partial charge in [0.1, 0.15) is 5.60 Å². The summed E-state index contributed by atoms with van der Waals surface area (Å²) < 4.78 is 5.31. The van der Waals surface area contributed by atoms with Gasteiger partial charge in [-0.25, -0.2) is 4.79 Å². The molecule has 0 N–H and O–H groups in total. The maximum Gasteiger partial charge on any atom is 0.410 e. The van der Waals surface area contributed by atoms with Crippen molar-refractivity contribution >= 4 is 6.09 Å². The van der Waals surface area contributed by atoms with E-state index in [4.69, 9.17) is 4.74 Å². The van der Waals surface area contributed by atoms with Gasteiger partial charge in [-0.05, 0) is 40.0 Å². The van der Waals surface area contributed by atoms with Gasteiger partial charge in [0, 0.05) is 12.6 Å². The molecule has 0 bridgehead atoms. The summed E-state index contributed by atoms with van der Waals surface area (Å²) in [4.78, 5) is 13.5. The molecular weight excluding hydrogens is 178 g/mol. The Hall–Kier alpha value is -0.730. The van der Waals surface area contributed by atoms with Gasteiger partial charge < -0.3 is 9.64 Å². The smallest absolute Gasteiger partial charge is 0.410 e. The number of ether oxygens (including phenoxy) is 1. The SMILES string of the molecule is [CH2]CC1CCCN1C(=O)OC(C)(C)C. The van der Waals surface area contributed by atoms with E-state index in [1.54, 1.807) is 4.90 Å². The highest BCUT2D eigenvalue weighted by atomic mass is 16.6. The lowest BCUT2D eigenvalue weighted by Gasteiger charge is -2.28. The number of likely N-dealkylation sites (tertiary alicyclic amines) is 1. The second kappa shape index (κ2) is 4.20. The summed E-state index contributed by atoms with van der Waals surface area (Å²) in [6.45, 7) is 10.3. The summed E-state index contributed by atoms with van der Waals surface area (Å²) >= 11 is 0. The Labute approximate surface area is 86.4 Å². The van der Waals surface area contributed by atoms with Crippen molar-refractivity contribution in [3.63, 3.8) is 0 Å². The summed E-state index contributed by atoms with van der Waals surface area (Å²) in [6, 6.07) is 0.282. The van der Waals surface area contributed by atoms with Crippen LogP contribution in [0.1, 0.15) is 40.0 Å². The van der Waals surface area contributed by atoms with Crippen molar-refractivity contribution in [2.24, 2.45) is 0 Å². The number of amides is 1. The highest BCUT2D eigenvalue weighted by Crippen LogP contribution is 2.22. The van der Waals surface area contributed by atoms with Crippen LogP contribution in [0.2, 0.25) is 0 Å². The monoisotopic (exact) mass is 198 g/mol. The fourth-order valence-corrected chi connectivity index (χ4v) is 1.70. The van der Waals surface area contributed by atoms with Crippen LogP contribution < -0.4 is 0 Å². The first-order valence-electron chi connectivity index (χ1n) is 5.23. The molecular formula is C11H20NO2. The average molecular weight is 198 g/mol. The Morgan fingerprint density at radius 3 is 2.71 bits per heavy atom. The quantitative estimate of drug-likeness (QED) is 0.648. The molecule has 0 aliphatic carbocycles. The molecule has 3 heteroatoms. The molecule has 1 aliphatic rings. The third-order valence-electron chi connectivity index (χ3n) is 2.34. The van der Waals surface area contributed by atoms with Gasteiger partial charge in [-0.3, -0.25) is 0 Å². The molecule has 1 heterocycles. The van der Waals surface area contributed by atoms with Gasteiger partial charge >= 0.3 is 6.09 Å². The highest BCUT2D eigenvalue weighted by molar-refractivity contribution is 5.68. The van der Waals surface area contributed by atoms with Crippen LogP contribution in [0.5, 0.6) is 0 Å². The standard InChI is InChI=1S/C11H20NO2/c1-5-9-7-6-8-12(9)10(13)14-11(2,3)4/h9H,1,5-8H2,2-4H3. The summed E-state index contributed by atoms with van der Waals surface area (Å²) in [6.07, 6.45) is 2.71. The Kier molecular flexibility index (Phi) is 3.40. The van der Waals surface area contributed by atoms with Crippen molar-refractivity contribution in [3.05, 3.63) is 6.92 Å². The van der Waals surface area contributed by atoms with Crippen LogP contribution in [-0.2, 0) is 4.74 Å². The third-order valence-corrected chi connectivity index (χ3v) is 2.34. The lowest BCUT2D eigenvalue weighted by molar-refractivity contribution is 0.0228. The predicted octanol–water partition coefficient (Wildman–Crippen LogP) is 2.61. The molecule has 1 fully saturated rings. The number of carbonyl (C=O) groups excluding carboxylic acids is 1. The summed E-state index contributed by atoms with van der Waals surface area (Å²) in [7, 11) is 0. The Bertz CT molecular complexity index is 208. The second-order valence-electron chi connectivity index (χ2n) is 4.76. The van der Waals surface area contributed by atoms with Crippen LogP contribution in [0.4, 0.5) is 4.79 Å². The largest absolute Gasteiger partial charge is 0.444 e. The summed E-state index contributed by atoms with van der Waals surface area (Å²) in [5.74, 6) is 0. The fourth-order valence-electron chi connectivity index (χ4n) is 1.70. The van der Waals surface area contributed by atoms with E-state index in [0.717, 1.165) is 25.8 Å². The molecule has 14 heavy (non-hydrogen) atoms. The Morgan fingerprint density at radius 2 is 2.21 bits per heavy atom. The van der Waals surface area contributed by atoms with E-state index in [2.05, 4.69) is 6.92 Å². The van der Waals surface area contributed by atoms with Crippen molar-refractivity contribution in [1.29, 1.82) is 0 Å². The van der Waals surface area contributed by atoms with Gasteiger partial charge in [0.15, 0.2) is 0 Å². The Morgan fingerprint density at radius 1 is 1.57 bits per heavy atom. The van der Waals surface area contributed by atoms with Crippen LogP contribution in [-0.4, -0.2) is 29.2 Å². The van der Waals surface area contributed by atoms with Crippen LogP contribution in [0.25, 0.3) is 0 Å². The topological polar surface area (TPSA) is 29.5 Å². The van der Waals surface area contributed by atoms with E-state index in [9.17, 15) is 4.79 Å². The zero-order chi connectivity index (χ0) is 10.8. The molecule has 81 valence electrons. The molecule has 0 aromatic heterocycles. The number of carbonyl (C=O) groups is 1. The maximum absolute atomic E-state index is 11.7. The van der Waals surface area contributed by atoms with Crippen LogP contribution in [0.3, 0.4) is 0 Å². The summed E-state index contributed by atoms with van der Waals surface area (Å²) in [5, 5.41) is 0. The fraction of sp³-hybridized carbons (Fsp3) is 0.818. The Balaban J connectivity index is 2.52. The molecule has 1 saturated heterocycles. The van der Waals surface area contributed by atoms with Gasteiger partial charge in [-0.2, -0.15) is 0 Å². The average Bonchev–Trinajstić information content (AvgIpc) is 2.47. The van der Waals surface area contributed by atoms with E-state index >= 15 is 0 Å². The van der Waals surface area contributed by atoms with Crippen molar-refractivity contribution in [2.75, 3.05) is 6.54 Å². The first-order chi connectivity index (χ1) is 6.44. The molecule has 0 aromatic rings. The molecule has 1 radical (unpaired) electrons. The lowest BCUT2D eigenvalue weighted by Crippen LogP contribution is -2.39. The van der Waals surface area contributed by atoms with E-state index in [0.29, 0.717) is 0 Å². The first-order valence-corrected chi connectivity index (χ1v) is 5.23. The normalized spacial score (nSPS) is 22.6. The van der Waals surface area contributed by atoms with E-state index in [-0.39, 0.29) is 12.1 Å². The molecule has 1 rings (SSSR count). The van der Waals surface area contributed by atoms with Crippen molar-refractivity contribution < 1.29 is 9.53 Å². The van der Waals surface area contributed by atoms with Crippen LogP contribution in [0, 0.1) is 6.92 Å². The van der Waals surface area contributed by atoms with Crippen molar-refractivity contribution in [1.82, 2.24) is 4.90 Å². The second-order valence-corrected chi connectivity index (χ2v) is 4.76. The van der Waals surface area contributed by atoms with Gasteiger partial charge in [0.25, 0.3) is 0 Å². The molecule has 0 saturated carbocycles. The highest BCUT2D eigenvalue weighted by Gasteiger charge is 2.30. The van der Waals surface area contributed by atoms with Gasteiger partial charge in [0.05, 0.1) is 0 Å². The van der Waals surface area contributed by atoms with Crippen LogP contribution >= 0.6 is 0 Å². The lowest BCUT2D eigenvalue weighted by atomic mass is 10.2. The minimum Gasteiger partial charge on any atom is -0.444 e. The number of hydrogen-bond donors (Lipinski definition) is 0. The molecule has 1 atom stereocenters. The van der Waals surface area contributed by atoms with E-state index in [1.807, 2.05) is 20.8 Å². The van der Waals surface area contributed by atoms with Crippen molar-refractivity contribution in [3.8, 4) is 0 Å². The molecule has 0 aromatic carbocycles. The number of rotatable bonds is 1. The van der Waals surface area contributed by atoms with Gasteiger partial charge in [0.2, 0.25) is 0 Å². The maximum atomic E-state index is 11.7. The minimum absolute atomic E-state index is 0.191. The molecule has 3 nitrogen and oxygen atoms in total. The zero-order valence-electron chi connectivity index (χ0n) is 9.38. The van der Waals surface area contributed by atoms with Crippen molar-refractivity contribution in [2.45, 2.75) is 51.7 Å². The minimum atomic E-state index is -0.397. The van der Waals surface area contributed by atoms with Crippen LogP contribution in [0.15, 0.2) is 0 Å². The molecule has 1 aliphatic heterocycles.